The normalized spacial score (nSPS) is 24.3. The molecule has 0 aromatic heterocycles. The minimum absolute atomic E-state index is 0.301. The van der Waals surface area contributed by atoms with Crippen LogP contribution in [0, 0.1) is 0 Å². The Hall–Kier alpha value is -1.12. The summed E-state index contributed by atoms with van der Waals surface area (Å²) in [5.41, 5.74) is 10.7. The fourth-order valence-electron chi connectivity index (χ4n) is 4.14. The quantitative estimate of drug-likeness (QED) is 0.763. The zero-order valence-electron chi connectivity index (χ0n) is 14.6. The van der Waals surface area contributed by atoms with Crippen molar-refractivity contribution in [3.63, 3.8) is 0 Å². The van der Waals surface area contributed by atoms with Crippen molar-refractivity contribution in [1.29, 1.82) is 0 Å². The van der Waals surface area contributed by atoms with Crippen LogP contribution in [0.2, 0.25) is 0 Å². The van der Waals surface area contributed by atoms with Gasteiger partial charge in [0.05, 0.1) is 5.54 Å². The van der Waals surface area contributed by atoms with Crippen LogP contribution in [0.1, 0.15) is 57.6 Å². The second-order valence-corrected chi connectivity index (χ2v) is 6.92. The fourth-order valence-corrected chi connectivity index (χ4v) is 4.14. The van der Waals surface area contributed by atoms with Crippen LogP contribution in [0.15, 0.2) is 36.4 Å². The summed E-state index contributed by atoms with van der Waals surface area (Å²) in [5, 5.41) is 0. The van der Waals surface area contributed by atoms with Crippen molar-refractivity contribution in [2.45, 2.75) is 64.5 Å². The Morgan fingerprint density at radius 3 is 2.50 bits per heavy atom. The maximum atomic E-state index is 7.07. The molecule has 1 aliphatic carbocycles. The predicted octanol–water partition coefficient (Wildman–Crippen LogP) is 4.24. The first-order chi connectivity index (χ1) is 10.5. The first kappa shape index (κ1) is 17.2. The van der Waals surface area contributed by atoms with Gasteiger partial charge in [0.1, 0.15) is 0 Å². The summed E-state index contributed by atoms with van der Waals surface area (Å²) in [4.78, 5) is 2.62. The first-order valence-corrected chi connectivity index (χ1v) is 8.78. The number of hydrogen-bond acceptors (Lipinski definition) is 2. The highest BCUT2D eigenvalue weighted by molar-refractivity contribution is 5.39. The predicted molar refractivity (Wildman–Crippen MR) is 96.0 cm³/mol. The van der Waals surface area contributed by atoms with Gasteiger partial charge in [-0.3, -0.25) is 4.90 Å². The highest BCUT2D eigenvalue weighted by Gasteiger charge is 2.43. The van der Waals surface area contributed by atoms with Gasteiger partial charge in [-0.1, -0.05) is 43.7 Å². The molecule has 2 atom stereocenters. The van der Waals surface area contributed by atoms with E-state index in [4.69, 9.17) is 5.73 Å². The molecule has 122 valence electrons. The van der Waals surface area contributed by atoms with Crippen molar-refractivity contribution in [2.24, 2.45) is 5.73 Å². The van der Waals surface area contributed by atoms with Gasteiger partial charge < -0.3 is 5.73 Å². The third kappa shape index (κ3) is 3.44. The van der Waals surface area contributed by atoms with Crippen LogP contribution >= 0.6 is 0 Å². The largest absolute Gasteiger partial charge is 0.320 e. The van der Waals surface area contributed by atoms with Gasteiger partial charge in [0, 0.05) is 6.04 Å². The van der Waals surface area contributed by atoms with Gasteiger partial charge in [0.25, 0.3) is 0 Å². The van der Waals surface area contributed by atoms with Crippen molar-refractivity contribution in [2.75, 3.05) is 13.1 Å². The molecule has 0 radical (unpaired) electrons. The van der Waals surface area contributed by atoms with E-state index in [-0.39, 0.29) is 5.54 Å². The van der Waals surface area contributed by atoms with Crippen LogP contribution in [0.3, 0.4) is 0 Å². The van der Waals surface area contributed by atoms with E-state index in [0.717, 1.165) is 32.4 Å². The van der Waals surface area contributed by atoms with Crippen molar-refractivity contribution in [3.8, 4) is 0 Å². The third-order valence-corrected chi connectivity index (χ3v) is 4.86. The standard InChI is InChI=1S/C20H32N2/c1-5-13-22(14-6-2)19-12-11-17-9-7-8-10-18(17)20(19,21)15-16(3)4/h7-10,19H,3,5-6,11-15,21H2,1-2,4H3. The SMILES string of the molecule is C=C(C)CC1(N)c2ccccc2CCC1N(CCC)CCC. The lowest BCUT2D eigenvalue weighted by Crippen LogP contribution is -2.59. The summed E-state index contributed by atoms with van der Waals surface area (Å²) in [5.74, 6) is 0. The Balaban J connectivity index is 2.42. The number of benzene rings is 1. The molecule has 0 spiro atoms. The molecule has 0 heterocycles. The fraction of sp³-hybridized carbons (Fsp3) is 0.600. The lowest BCUT2D eigenvalue weighted by Gasteiger charge is -2.48. The molecule has 0 saturated carbocycles. The zero-order valence-corrected chi connectivity index (χ0v) is 14.6. The summed E-state index contributed by atoms with van der Waals surface area (Å²) in [6, 6.07) is 9.16. The number of fused-ring (bicyclic) bond motifs is 1. The van der Waals surface area contributed by atoms with Crippen LogP contribution in [0.25, 0.3) is 0 Å². The molecule has 0 amide bonds. The molecule has 1 aromatic carbocycles. The molecule has 2 unspecified atom stereocenters. The maximum absolute atomic E-state index is 7.07. The number of nitrogens with two attached hydrogens (primary N) is 1. The molecule has 0 saturated heterocycles. The molecule has 2 N–H and O–H groups in total. The van der Waals surface area contributed by atoms with Crippen molar-refractivity contribution in [1.82, 2.24) is 4.90 Å². The van der Waals surface area contributed by atoms with Gasteiger partial charge in [0.2, 0.25) is 0 Å². The van der Waals surface area contributed by atoms with E-state index in [2.05, 4.69) is 56.5 Å². The Morgan fingerprint density at radius 2 is 1.91 bits per heavy atom. The van der Waals surface area contributed by atoms with E-state index in [1.807, 2.05) is 0 Å². The Kier molecular flexibility index (Phi) is 5.82. The van der Waals surface area contributed by atoms with Gasteiger partial charge >= 0.3 is 0 Å². The first-order valence-electron chi connectivity index (χ1n) is 8.78. The molecule has 22 heavy (non-hydrogen) atoms. The van der Waals surface area contributed by atoms with E-state index >= 15 is 0 Å². The summed E-state index contributed by atoms with van der Waals surface area (Å²) < 4.78 is 0. The van der Waals surface area contributed by atoms with Crippen LogP contribution in [0.4, 0.5) is 0 Å². The average molecular weight is 300 g/mol. The van der Waals surface area contributed by atoms with Crippen molar-refractivity contribution < 1.29 is 0 Å². The summed E-state index contributed by atoms with van der Waals surface area (Å²) in [6.45, 7) is 13.0. The Bertz CT molecular complexity index is 502. The second kappa shape index (κ2) is 7.43. The molecule has 0 aliphatic heterocycles. The van der Waals surface area contributed by atoms with Crippen LogP contribution < -0.4 is 5.73 Å². The van der Waals surface area contributed by atoms with Crippen molar-refractivity contribution in [3.05, 3.63) is 47.5 Å². The summed E-state index contributed by atoms with van der Waals surface area (Å²) in [6.07, 6.45) is 5.53. The molecule has 2 rings (SSSR count). The topological polar surface area (TPSA) is 29.3 Å². The van der Waals surface area contributed by atoms with E-state index in [1.165, 1.54) is 29.5 Å². The molecule has 1 aliphatic rings. The van der Waals surface area contributed by atoms with Crippen LogP contribution in [-0.4, -0.2) is 24.0 Å². The lowest BCUT2D eigenvalue weighted by atomic mass is 9.70. The Morgan fingerprint density at radius 1 is 1.27 bits per heavy atom. The summed E-state index contributed by atoms with van der Waals surface area (Å²) in [7, 11) is 0. The van der Waals surface area contributed by atoms with Gasteiger partial charge in [-0.15, -0.1) is 6.58 Å². The molecule has 0 fully saturated rings. The zero-order chi connectivity index (χ0) is 16.2. The number of aryl methyl sites for hydroxylation is 1. The van der Waals surface area contributed by atoms with Gasteiger partial charge in [0.15, 0.2) is 0 Å². The maximum Gasteiger partial charge on any atom is 0.0607 e. The molecular formula is C20H32N2. The highest BCUT2D eigenvalue weighted by Crippen LogP contribution is 2.40. The van der Waals surface area contributed by atoms with E-state index in [0.29, 0.717) is 6.04 Å². The van der Waals surface area contributed by atoms with E-state index in [1.54, 1.807) is 0 Å². The number of hydrogen-bond donors (Lipinski definition) is 1. The molecule has 2 nitrogen and oxygen atoms in total. The van der Waals surface area contributed by atoms with Gasteiger partial charge in [-0.25, -0.2) is 0 Å². The van der Waals surface area contributed by atoms with Crippen LogP contribution in [-0.2, 0) is 12.0 Å². The van der Waals surface area contributed by atoms with Crippen molar-refractivity contribution >= 4 is 0 Å². The monoisotopic (exact) mass is 300 g/mol. The number of nitrogens with zero attached hydrogens (tertiary/aromatic N) is 1. The molecule has 0 bridgehead atoms. The van der Waals surface area contributed by atoms with Crippen LogP contribution in [0.5, 0.6) is 0 Å². The lowest BCUT2D eigenvalue weighted by molar-refractivity contribution is 0.0997. The average Bonchev–Trinajstić information content (AvgIpc) is 2.47. The molecule has 1 aromatic rings. The Labute approximate surface area is 136 Å². The van der Waals surface area contributed by atoms with E-state index in [9.17, 15) is 0 Å². The van der Waals surface area contributed by atoms with E-state index < -0.39 is 0 Å². The van der Waals surface area contributed by atoms with Gasteiger partial charge in [-0.2, -0.15) is 0 Å². The van der Waals surface area contributed by atoms with Gasteiger partial charge in [-0.05, 0) is 63.2 Å². The minimum atomic E-state index is -0.301. The molecule has 2 heteroatoms. The second-order valence-electron chi connectivity index (χ2n) is 6.92. The molecular weight excluding hydrogens is 268 g/mol. The number of rotatable bonds is 7. The highest BCUT2D eigenvalue weighted by atomic mass is 15.2. The third-order valence-electron chi connectivity index (χ3n) is 4.86. The smallest absolute Gasteiger partial charge is 0.0607 e. The minimum Gasteiger partial charge on any atom is -0.320 e. The summed E-state index contributed by atoms with van der Waals surface area (Å²) >= 11 is 0.